The summed E-state index contributed by atoms with van der Waals surface area (Å²) in [6, 6.07) is 6.94. The molecule has 0 aliphatic rings. The maximum absolute atomic E-state index is 13.8. The monoisotopic (exact) mass is 306 g/mol. The van der Waals surface area contributed by atoms with Gasteiger partial charge >= 0.3 is 0 Å². The molecule has 0 saturated carbocycles. The zero-order chi connectivity index (χ0) is 15.2. The molecule has 0 fully saturated rings. The average molecular weight is 306 g/mol. The fourth-order valence-corrected chi connectivity index (χ4v) is 3.47. The van der Waals surface area contributed by atoms with Crippen LogP contribution in [-0.2, 0) is 13.0 Å². The number of halogens is 1. The molecule has 1 aromatic heterocycles. The maximum atomic E-state index is 13.8. The number of aromatic nitrogens is 1. The van der Waals surface area contributed by atoms with Crippen molar-refractivity contribution in [3.63, 3.8) is 0 Å². The van der Waals surface area contributed by atoms with Crippen molar-refractivity contribution < 1.29 is 4.39 Å². The highest BCUT2D eigenvalue weighted by Gasteiger charge is 2.15. The summed E-state index contributed by atoms with van der Waals surface area (Å²) in [4.78, 5) is 6.02. The summed E-state index contributed by atoms with van der Waals surface area (Å²) >= 11 is 1.70. The number of hydrogen-bond donors (Lipinski definition) is 1. The van der Waals surface area contributed by atoms with Crippen molar-refractivity contribution in [2.75, 3.05) is 6.54 Å². The minimum Gasteiger partial charge on any atom is -0.312 e. The number of benzene rings is 1. The summed E-state index contributed by atoms with van der Waals surface area (Å²) in [6.45, 7) is 8.34. The van der Waals surface area contributed by atoms with Crippen LogP contribution < -0.4 is 5.32 Å². The molecule has 1 aromatic carbocycles. The molecule has 114 valence electrons. The summed E-state index contributed by atoms with van der Waals surface area (Å²) in [6.07, 6.45) is 1.70. The molecule has 0 spiro atoms. The fraction of sp³-hybridized carbons (Fsp3) is 0.471. The van der Waals surface area contributed by atoms with Crippen molar-refractivity contribution >= 4 is 11.3 Å². The number of nitrogens with zero attached hydrogens (tertiary/aromatic N) is 1. The van der Waals surface area contributed by atoms with Gasteiger partial charge in [0, 0.05) is 17.8 Å². The molecule has 0 aliphatic heterocycles. The third-order valence-corrected chi connectivity index (χ3v) is 4.40. The van der Waals surface area contributed by atoms with Crippen molar-refractivity contribution in [3.8, 4) is 0 Å². The van der Waals surface area contributed by atoms with E-state index in [0.717, 1.165) is 35.8 Å². The highest BCUT2D eigenvalue weighted by molar-refractivity contribution is 7.11. The Morgan fingerprint density at radius 3 is 2.71 bits per heavy atom. The van der Waals surface area contributed by atoms with Crippen molar-refractivity contribution in [1.29, 1.82) is 0 Å². The van der Waals surface area contributed by atoms with Crippen LogP contribution in [0.5, 0.6) is 0 Å². The molecule has 0 bridgehead atoms. The van der Waals surface area contributed by atoms with Gasteiger partial charge in [0.2, 0.25) is 0 Å². The van der Waals surface area contributed by atoms with E-state index in [0.29, 0.717) is 12.3 Å². The normalized spacial score (nSPS) is 11.3. The molecule has 0 amide bonds. The first-order chi connectivity index (χ1) is 10.1. The molecule has 0 atom stereocenters. The Morgan fingerprint density at radius 1 is 1.29 bits per heavy atom. The lowest BCUT2D eigenvalue weighted by atomic mass is 10.1. The minimum absolute atomic E-state index is 0.149. The molecule has 21 heavy (non-hydrogen) atoms. The molecule has 2 nitrogen and oxygen atoms in total. The van der Waals surface area contributed by atoms with Crippen LogP contribution >= 0.6 is 11.3 Å². The standard InChI is InChI=1S/C17H23FN2S/c1-4-9-19-11-15-17(12(2)3)20-16(21-15)10-13-7-5-6-8-14(13)18/h5-8,12,19H,4,9-11H2,1-3H3. The molecular weight excluding hydrogens is 283 g/mol. The predicted molar refractivity (Wildman–Crippen MR) is 87.4 cm³/mol. The Bertz CT molecular complexity index is 578. The molecular formula is C17H23FN2S. The van der Waals surface area contributed by atoms with Crippen molar-refractivity contribution in [1.82, 2.24) is 10.3 Å². The second kappa shape index (κ2) is 7.66. The van der Waals surface area contributed by atoms with E-state index in [1.165, 1.54) is 10.9 Å². The Kier molecular flexibility index (Phi) is 5.88. The van der Waals surface area contributed by atoms with E-state index in [1.807, 2.05) is 12.1 Å². The van der Waals surface area contributed by atoms with Crippen molar-refractivity contribution in [2.24, 2.45) is 0 Å². The molecule has 4 heteroatoms. The lowest BCUT2D eigenvalue weighted by Crippen LogP contribution is -2.14. The van der Waals surface area contributed by atoms with Crippen LogP contribution in [0.25, 0.3) is 0 Å². The van der Waals surface area contributed by atoms with Crippen LogP contribution in [0.4, 0.5) is 4.39 Å². The molecule has 2 aromatic rings. The predicted octanol–water partition coefficient (Wildman–Crippen LogP) is 4.50. The molecule has 0 radical (unpaired) electrons. The summed E-state index contributed by atoms with van der Waals surface area (Å²) in [5.74, 6) is 0.249. The Labute approximate surface area is 130 Å². The summed E-state index contributed by atoms with van der Waals surface area (Å²) in [5, 5.41) is 4.43. The highest BCUT2D eigenvalue weighted by atomic mass is 32.1. The quantitative estimate of drug-likeness (QED) is 0.762. The number of hydrogen-bond acceptors (Lipinski definition) is 3. The third kappa shape index (κ3) is 4.35. The summed E-state index contributed by atoms with van der Waals surface area (Å²) in [7, 11) is 0. The Morgan fingerprint density at radius 2 is 2.05 bits per heavy atom. The smallest absolute Gasteiger partial charge is 0.126 e. The molecule has 0 saturated heterocycles. The zero-order valence-electron chi connectivity index (χ0n) is 12.9. The van der Waals surface area contributed by atoms with Crippen molar-refractivity contribution in [3.05, 3.63) is 51.2 Å². The average Bonchev–Trinajstić information content (AvgIpc) is 2.85. The fourth-order valence-electron chi connectivity index (χ4n) is 2.25. The van der Waals surface area contributed by atoms with Crippen LogP contribution in [0, 0.1) is 5.82 Å². The largest absolute Gasteiger partial charge is 0.312 e. The molecule has 1 N–H and O–H groups in total. The first-order valence-electron chi connectivity index (χ1n) is 7.54. The van der Waals surface area contributed by atoms with E-state index >= 15 is 0 Å². The van der Waals surface area contributed by atoms with Gasteiger partial charge in [-0.2, -0.15) is 0 Å². The van der Waals surface area contributed by atoms with Gasteiger partial charge in [0.15, 0.2) is 0 Å². The summed E-state index contributed by atoms with van der Waals surface area (Å²) in [5.41, 5.74) is 1.87. The third-order valence-electron chi connectivity index (χ3n) is 3.33. The lowest BCUT2D eigenvalue weighted by molar-refractivity contribution is 0.613. The van der Waals surface area contributed by atoms with Gasteiger partial charge in [0.1, 0.15) is 5.82 Å². The van der Waals surface area contributed by atoms with Crippen LogP contribution in [0.15, 0.2) is 24.3 Å². The Hall–Kier alpha value is -1.26. The minimum atomic E-state index is -0.149. The second-order valence-corrected chi connectivity index (χ2v) is 6.68. The van der Waals surface area contributed by atoms with Crippen LogP contribution in [0.1, 0.15) is 54.3 Å². The van der Waals surface area contributed by atoms with E-state index in [9.17, 15) is 4.39 Å². The van der Waals surface area contributed by atoms with Crippen LogP contribution in [0.3, 0.4) is 0 Å². The van der Waals surface area contributed by atoms with Gasteiger partial charge in [-0.3, -0.25) is 0 Å². The number of thiazole rings is 1. The molecule has 0 aliphatic carbocycles. The molecule has 1 heterocycles. The van der Waals surface area contributed by atoms with Crippen LogP contribution in [-0.4, -0.2) is 11.5 Å². The van der Waals surface area contributed by atoms with Gasteiger partial charge in [-0.05, 0) is 30.5 Å². The van der Waals surface area contributed by atoms with Crippen molar-refractivity contribution in [2.45, 2.75) is 46.1 Å². The SMILES string of the molecule is CCCNCc1sc(Cc2ccccc2F)nc1C(C)C. The van der Waals surface area contributed by atoms with Gasteiger partial charge in [-0.1, -0.05) is 39.0 Å². The van der Waals surface area contributed by atoms with Gasteiger partial charge in [-0.25, -0.2) is 9.37 Å². The van der Waals surface area contributed by atoms with E-state index in [4.69, 9.17) is 4.98 Å². The second-order valence-electron chi connectivity index (χ2n) is 5.52. The Balaban J connectivity index is 2.17. The van der Waals surface area contributed by atoms with E-state index in [1.54, 1.807) is 17.4 Å². The first-order valence-corrected chi connectivity index (χ1v) is 8.36. The van der Waals surface area contributed by atoms with Gasteiger partial charge < -0.3 is 5.32 Å². The number of nitrogens with one attached hydrogen (secondary N) is 1. The first kappa shape index (κ1) is 16.1. The maximum Gasteiger partial charge on any atom is 0.126 e. The highest BCUT2D eigenvalue weighted by Crippen LogP contribution is 2.27. The molecule has 2 rings (SSSR count). The lowest BCUT2D eigenvalue weighted by Gasteiger charge is -2.05. The number of rotatable bonds is 7. The topological polar surface area (TPSA) is 24.9 Å². The van der Waals surface area contributed by atoms with Gasteiger partial charge in [-0.15, -0.1) is 11.3 Å². The summed E-state index contributed by atoms with van der Waals surface area (Å²) < 4.78 is 13.8. The van der Waals surface area contributed by atoms with Gasteiger partial charge in [0.05, 0.1) is 10.7 Å². The van der Waals surface area contributed by atoms with E-state index in [2.05, 4.69) is 26.1 Å². The molecule has 0 unspecified atom stereocenters. The van der Waals surface area contributed by atoms with E-state index < -0.39 is 0 Å². The van der Waals surface area contributed by atoms with E-state index in [-0.39, 0.29) is 5.82 Å². The van der Waals surface area contributed by atoms with Gasteiger partial charge in [0.25, 0.3) is 0 Å². The zero-order valence-corrected chi connectivity index (χ0v) is 13.8. The van der Waals surface area contributed by atoms with Crippen LogP contribution in [0.2, 0.25) is 0 Å².